The number of carbonyl (C=O) groups excluding carboxylic acids is 4. The first-order valence-corrected chi connectivity index (χ1v) is 17.0. The van der Waals surface area contributed by atoms with E-state index in [0.717, 1.165) is 32.4 Å². The summed E-state index contributed by atoms with van der Waals surface area (Å²) >= 11 is 3.20. The molecule has 0 saturated carbocycles. The average molecular weight is 776 g/mol. The van der Waals surface area contributed by atoms with Gasteiger partial charge in [-0.25, -0.2) is 19.6 Å². The SMILES string of the molecule is CC(=O)N(C)c1ccc(B2OC(C)(C)C(C)(C)O2)cc1.COC(=O)c1ccc(-c2ccc(N(C)C(C)=O)cc2)cn1.COC(=O)c1ccc(Br)cn1. The highest BCUT2D eigenvalue weighted by atomic mass is 79.9. The lowest BCUT2D eigenvalue weighted by Gasteiger charge is -2.32. The molecule has 0 spiro atoms. The standard InChI is InChI=1S/C16H16N2O3.C15H22BNO3.C7H6BrNO2/c1-11(19)18(2)14-7-4-12(5-8-14)13-6-9-15(17-10-13)16(20)21-3;1-11(18)17(6)13-9-7-12(8-10-13)16-19-14(2,3)15(4,5)20-16;1-11-7(10)6-3-2-5(8)4-9-6/h4-10H,1-3H3;7-10H,1-6H3;2-4H,1H3. The van der Waals surface area contributed by atoms with Crippen LogP contribution in [0.1, 0.15) is 62.5 Å². The van der Waals surface area contributed by atoms with Crippen LogP contribution in [0.4, 0.5) is 11.4 Å². The van der Waals surface area contributed by atoms with Crippen LogP contribution in [0, 0.1) is 0 Å². The molecule has 1 aliphatic heterocycles. The first kappa shape index (κ1) is 41.5. The van der Waals surface area contributed by atoms with Crippen molar-refractivity contribution >= 4 is 63.6 Å². The van der Waals surface area contributed by atoms with Gasteiger partial charge in [-0.15, -0.1) is 0 Å². The molecule has 2 aromatic heterocycles. The first-order chi connectivity index (χ1) is 24.4. The second-order valence-electron chi connectivity index (χ2n) is 12.7. The zero-order valence-electron chi connectivity index (χ0n) is 31.1. The molecule has 0 bridgehead atoms. The van der Waals surface area contributed by atoms with Crippen molar-refractivity contribution < 1.29 is 38.0 Å². The van der Waals surface area contributed by atoms with Crippen molar-refractivity contribution in [2.75, 3.05) is 38.1 Å². The van der Waals surface area contributed by atoms with Gasteiger partial charge in [0.25, 0.3) is 0 Å². The van der Waals surface area contributed by atoms with Gasteiger partial charge in [0.2, 0.25) is 11.8 Å². The third kappa shape index (κ3) is 10.8. The predicted octanol–water partition coefficient (Wildman–Crippen LogP) is 6.12. The number of carbonyl (C=O) groups is 4. The Kier molecular flexibility index (Phi) is 14.4. The van der Waals surface area contributed by atoms with Gasteiger partial charge in [-0.1, -0.05) is 30.3 Å². The Morgan fingerprint density at radius 3 is 1.40 bits per heavy atom. The highest BCUT2D eigenvalue weighted by molar-refractivity contribution is 9.10. The molecule has 274 valence electrons. The minimum absolute atomic E-state index is 0.00776. The van der Waals surface area contributed by atoms with E-state index in [9.17, 15) is 19.2 Å². The van der Waals surface area contributed by atoms with Crippen molar-refractivity contribution in [3.63, 3.8) is 0 Å². The van der Waals surface area contributed by atoms with Crippen LogP contribution < -0.4 is 15.3 Å². The molecular formula is C38H44BBrN4O8. The topological polar surface area (TPSA) is 137 Å². The molecule has 0 aliphatic carbocycles. The number of hydrogen-bond acceptors (Lipinski definition) is 10. The minimum atomic E-state index is -0.458. The van der Waals surface area contributed by atoms with Crippen molar-refractivity contribution in [1.82, 2.24) is 9.97 Å². The lowest BCUT2D eigenvalue weighted by molar-refractivity contribution is -0.117. The number of nitrogens with zero attached hydrogens (tertiary/aromatic N) is 4. The maximum absolute atomic E-state index is 11.3. The van der Waals surface area contributed by atoms with E-state index in [1.165, 1.54) is 21.1 Å². The van der Waals surface area contributed by atoms with Crippen LogP contribution in [0.5, 0.6) is 0 Å². The van der Waals surface area contributed by atoms with Crippen molar-refractivity contribution in [1.29, 1.82) is 0 Å². The summed E-state index contributed by atoms with van der Waals surface area (Å²) in [6.45, 7) is 11.2. The normalized spacial score (nSPS) is 13.7. The average Bonchev–Trinajstić information content (AvgIpc) is 3.36. The van der Waals surface area contributed by atoms with Gasteiger partial charge in [-0.3, -0.25) is 9.59 Å². The lowest BCUT2D eigenvalue weighted by Crippen LogP contribution is -2.41. The smallest absolute Gasteiger partial charge is 0.464 e. The van der Waals surface area contributed by atoms with Crippen LogP contribution in [0.2, 0.25) is 0 Å². The van der Waals surface area contributed by atoms with Crippen LogP contribution in [-0.2, 0) is 28.4 Å². The zero-order valence-corrected chi connectivity index (χ0v) is 32.7. The fourth-order valence-corrected chi connectivity index (χ4v) is 4.70. The van der Waals surface area contributed by atoms with Gasteiger partial charge in [0.1, 0.15) is 11.4 Å². The maximum atomic E-state index is 11.3. The van der Waals surface area contributed by atoms with E-state index in [1.54, 1.807) is 61.4 Å². The summed E-state index contributed by atoms with van der Waals surface area (Å²) in [4.78, 5) is 55.9. The molecule has 1 fully saturated rings. The Morgan fingerprint density at radius 2 is 1.04 bits per heavy atom. The number of benzene rings is 2. The van der Waals surface area contributed by atoms with Gasteiger partial charge in [-0.05, 0) is 97.1 Å². The molecule has 0 radical (unpaired) electrons. The van der Waals surface area contributed by atoms with Crippen LogP contribution in [-0.4, -0.2) is 80.4 Å². The number of hydrogen-bond donors (Lipinski definition) is 0. The van der Waals surface area contributed by atoms with Crippen LogP contribution in [0.3, 0.4) is 0 Å². The van der Waals surface area contributed by atoms with Gasteiger partial charge in [0.05, 0.1) is 25.4 Å². The highest BCUT2D eigenvalue weighted by Crippen LogP contribution is 2.36. The minimum Gasteiger partial charge on any atom is -0.464 e. The molecule has 5 rings (SSSR count). The number of rotatable bonds is 6. The van der Waals surface area contributed by atoms with Gasteiger partial charge >= 0.3 is 19.1 Å². The number of esters is 2. The van der Waals surface area contributed by atoms with Crippen LogP contribution in [0.25, 0.3) is 11.1 Å². The first-order valence-electron chi connectivity index (χ1n) is 16.2. The molecule has 2 aromatic carbocycles. The van der Waals surface area contributed by atoms with Gasteiger partial charge in [0, 0.05) is 61.7 Å². The lowest BCUT2D eigenvalue weighted by atomic mass is 9.79. The molecular weight excluding hydrogens is 731 g/mol. The van der Waals surface area contributed by atoms with Crippen molar-refractivity contribution in [2.24, 2.45) is 0 Å². The number of amides is 2. The summed E-state index contributed by atoms with van der Waals surface area (Å²) in [5, 5.41) is 0. The third-order valence-electron chi connectivity index (χ3n) is 8.62. The summed E-state index contributed by atoms with van der Waals surface area (Å²) in [6, 6.07) is 22.0. The van der Waals surface area contributed by atoms with E-state index in [4.69, 9.17) is 9.31 Å². The molecule has 0 atom stereocenters. The van der Waals surface area contributed by atoms with Crippen molar-refractivity contribution in [2.45, 2.75) is 52.7 Å². The van der Waals surface area contributed by atoms with Crippen LogP contribution in [0.15, 0.2) is 89.7 Å². The fourth-order valence-electron chi connectivity index (χ4n) is 4.47. The van der Waals surface area contributed by atoms with E-state index in [1.807, 2.05) is 82.3 Å². The molecule has 3 heterocycles. The number of pyridine rings is 2. The van der Waals surface area contributed by atoms with Crippen LogP contribution >= 0.6 is 15.9 Å². The molecule has 0 unspecified atom stereocenters. The Bertz CT molecular complexity index is 1820. The zero-order chi connectivity index (χ0) is 38.8. The van der Waals surface area contributed by atoms with E-state index < -0.39 is 11.9 Å². The van der Waals surface area contributed by atoms with Crippen molar-refractivity contribution in [3.8, 4) is 11.1 Å². The second-order valence-corrected chi connectivity index (χ2v) is 13.6. The van der Waals surface area contributed by atoms with Gasteiger partial charge < -0.3 is 28.6 Å². The summed E-state index contributed by atoms with van der Waals surface area (Å²) < 4.78 is 21.9. The largest absolute Gasteiger partial charge is 0.494 e. The van der Waals surface area contributed by atoms with E-state index in [-0.39, 0.29) is 35.8 Å². The molecule has 0 N–H and O–H groups in total. The van der Waals surface area contributed by atoms with E-state index in [2.05, 4.69) is 35.4 Å². The number of anilines is 2. The summed E-state index contributed by atoms with van der Waals surface area (Å²) in [5.41, 5.74) is 4.40. The van der Waals surface area contributed by atoms with Gasteiger partial charge in [-0.2, -0.15) is 0 Å². The Labute approximate surface area is 313 Å². The molecule has 1 aliphatic rings. The van der Waals surface area contributed by atoms with E-state index >= 15 is 0 Å². The Balaban J connectivity index is 0.000000221. The molecule has 1 saturated heterocycles. The monoisotopic (exact) mass is 774 g/mol. The number of aromatic nitrogens is 2. The molecule has 14 heteroatoms. The molecule has 2 amide bonds. The maximum Gasteiger partial charge on any atom is 0.494 e. The summed E-state index contributed by atoms with van der Waals surface area (Å²) in [5.74, 6) is -0.891. The van der Waals surface area contributed by atoms with E-state index in [0.29, 0.717) is 5.69 Å². The Morgan fingerprint density at radius 1 is 0.635 bits per heavy atom. The number of ether oxygens (including phenoxy) is 2. The summed E-state index contributed by atoms with van der Waals surface area (Å²) in [6.07, 6.45) is 3.17. The quantitative estimate of drug-likeness (QED) is 0.167. The number of halogens is 1. The molecule has 12 nitrogen and oxygen atoms in total. The molecule has 4 aromatic rings. The molecule has 52 heavy (non-hydrogen) atoms. The second kappa shape index (κ2) is 18.0. The van der Waals surface area contributed by atoms with Gasteiger partial charge in [0.15, 0.2) is 0 Å². The van der Waals surface area contributed by atoms with Crippen molar-refractivity contribution in [3.05, 3.63) is 101 Å². The third-order valence-corrected chi connectivity index (χ3v) is 9.09. The Hall–Kier alpha value is -4.92. The summed E-state index contributed by atoms with van der Waals surface area (Å²) in [7, 11) is 5.77. The number of methoxy groups -OCH3 is 2. The fraction of sp³-hybridized carbons (Fsp3) is 0.316. The highest BCUT2D eigenvalue weighted by Gasteiger charge is 2.51. The predicted molar refractivity (Wildman–Crippen MR) is 205 cm³/mol.